The van der Waals surface area contributed by atoms with Crippen LogP contribution in [-0.2, 0) is 40.5 Å². The molecule has 3 aromatic carbocycles. The Morgan fingerprint density at radius 3 is 2.37 bits per heavy atom. The number of likely N-dealkylation sites (N-methyl/N-ethyl adjacent to an activating group) is 1. The van der Waals surface area contributed by atoms with Crippen LogP contribution in [0.4, 0.5) is 0 Å². The summed E-state index contributed by atoms with van der Waals surface area (Å²) in [4.78, 5) is 11.1. The van der Waals surface area contributed by atoms with Crippen molar-refractivity contribution in [2.24, 2.45) is 5.92 Å². The maximum atomic E-state index is 13.6. The summed E-state index contributed by atoms with van der Waals surface area (Å²) in [6.07, 6.45) is 3.11. The van der Waals surface area contributed by atoms with Crippen molar-refractivity contribution < 1.29 is 23.4 Å². The van der Waals surface area contributed by atoms with Crippen LogP contribution in [0.5, 0.6) is 0 Å². The molecule has 0 heterocycles. The number of β-amino-alcohol motifs (C(OH)–C–C–N with tert-alkyl or cyclic N) is 1. The number of aliphatic hydroxyl groups excluding tert-OH is 1. The number of rotatable bonds is 14. The van der Waals surface area contributed by atoms with Crippen molar-refractivity contribution in [1.29, 1.82) is 0 Å². The van der Waals surface area contributed by atoms with Gasteiger partial charge in [0.2, 0.25) is 10.0 Å². The van der Waals surface area contributed by atoms with Gasteiger partial charge in [-0.05, 0) is 97.9 Å². The zero-order chi connectivity index (χ0) is 31.4. The number of aryl methyl sites for hydroxylation is 2. The van der Waals surface area contributed by atoms with Gasteiger partial charge in [-0.25, -0.2) is 8.42 Å². The van der Waals surface area contributed by atoms with Crippen LogP contribution in [0.3, 0.4) is 0 Å². The molecule has 7 nitrogen and oxygen atoms in total. The van der Waals surface area contributed by atoms with E-state index < -0.39 is 22.1 Å². The van der Waals surface area contributed by atoms with Crippen molar-refractivity contribution in [3.63, 3.8) is 0 Å². The highest BCUT2D eigenvalue weighted by Crippen LogP contribution is 2.33. The fourth-order valence-electron chi connectivity index (χ4n) is 6.08. The van der Waals surface area contributed by atoms with E-state index in [0.29, 0.717) is 29.3 Å². The van der Waals surface area contributed by atoms with Crippen LogP contribution in [0.15, 0.2) is 65.6 Å². The highest BCUT2D eigenvalue weighted by Gasteiger charge is 2.30. The number of nitrogens with zero attached hydrogens (tertiary/aromatic N) is 1. The van der Waals surface area contributed by atoms with E-state index in [1.807, 2.05) is 25.1 Å². The molecule has 0 radical (unpaired) electrons. The van der Waals surface area contributed by atoms with Crippen molar-refractivity contribution in [3.8, 4) is 11.1 Å². The second-order valence-electron chi connectivity index (χ2n) is 12.3. The number of hydrogen-bond acceptors (Lipinski definition) is 5. The van der Waals surface area contributed by atoms with Gasteiger partial charge < -0.3 is 15.5 Å². The Morgan fingerprint density at radius 2 is 1.77 bits per heavy atom. The summed E-state index contributed by atoms with van der Waals surface area (Å²) in [6.45, 7) is 6.42. The Balaban J connectivity index is 1.37. The molecule has 0 aromatic heterocycles. The van der Waals surface area contributed by atoms with Gasteiger partial charge in [0.1, 0.15) is 0 Å². The van der Waals surface area contributed by atoms with Gasteiger partial charge in [-0.3, -0.25) is 4.79 Å². The fourth-order valence-corrected chi connectivity index (χ4v) is 7.87. The minimum absolute atomic E-state index is 0.0218. The van der Waals surface area contributed by atoms with Gasteiger partial charge in [0.15, 0.2) is 0 Å². The summed E-state index contributed by atoms with van der Waals surface area (Å²) in [6, 6.07) is 19.2. The predicted molar refractivity (Wildman–Crippen MR) is 172 cm³/mol. The largest absolute Gasteiger partial charge is 0.481 e. The Morgan fingerprint density at radius 1 is 1.09 bits per heavy atom. The summed E-state index contributed by atoms with van der Waals surface area (Å²) in [5.74, 6) is -0.326. The molecule has 9 heteroatoms. The second kappa shape index (κ2) is 13.9. The highest BCUT2D eigenvalue weighted by atomic mass is 35.5. The zero-order valence-corrected chi connectivity index (χ0v) is 27.0. The van der Waals surface area contributed by atoms with E-state index in [-0.39, 0.29) is 29.9 Å². The minimum Gasteiger partial charge on any atom is -0.481 e. The van der Waals surface area contributed by atoms with Gasteiger partial charge in [-0.2, -0.15) is 4.31 Å². The lowest BCUT2D eigenvalue weighted by Crippen LogP contribution is -2.47. The molecule has 1 atom stereocenters. The molecule has 0 saturated heterocycles. The lowest BCUT2D eigenvalue weighted by atomic mass is 9.88. The number of fused-ring (bicyclic) bond motifs is 1. The molecule has 1 unspecified atom stereocenters. The third-order valence-electron chi connectivity index (χ3n) is 8.32. The molecule has 0 fully saturated rings. The summed E-state index contributed by atoms with van der Waals surface area (Å²) in [5, 5.41) is 23.7. The molecule has 232 valence electrons. The fraction of sp³-hybridized carbons (Fsp3) is 0.441. The van der Waals surface area contributed by atoms with Gasteiger partial charge in [-0.1, -0.05) is 61.0 Å². The van der Waals surface area contributed by atoms with Crippen molar-refractivity contribution in [1.82, 2.24) is 9.62 Å². The molecular weight excluding hydrogens is 584 g/mol. The molecule has 0 saturated carbocycles. The molecule has 1 aliphatic rings. The quantitative estimate of drug-likeness (QED) is 0.211. The van der Waals surface area contributed by atoms with Crippen molar-refractivity contribution in [3.05, 3.63) is 87.9 Å². The SMILES string of the molecule is CCc1cc(-c2ccc(CCC(=O)O)cc2Cl)ccc1S(=O)(=O)N(C)CC(O)CNC(C)(C)CC1Cc2ccccc2C1. The first-order chi connectivity index (χ1) is 20.3. The number of halogens is 1. The Hall–Kier alpha value is -2.75. The van der Waals surface area contributed by atoms with Crippen LogP contribution in [-0.4, -0.2) is 60.7 Å². The summed E-state index contributed by atoms with van der Waals surface area (Å²) in [5.41, 5.74) is 5.65. The number of sulfonamides is 1. The van der Waals surface area contributed by atoms with E-state index in [4.69, 9.17) is 16.7 Å². The van der Waals surface area contributed by atoms with Crippen LogP contribution < -0.4 is 5.32 Å². The number of carboxylic acid groups (broad SMARTS) is 1. The molecule has 43 heavy (non-hydrogen) atoms. The maximum Gasteiger partial charge on any atom is 0.303 e. The van der Waals surface area contributed by atoms with Crippen LogP contribution in [0.2, 0.25) is 5.02 Å². The van der Waals surface area contributed by atoms with E-state index in [1.54, 1.807) is 18.2 Å². The molecule has 4 rings (SSSR count). The molecule has 1 aliphatic carbocycles. The first-order valence-corrected chi connectivity index (χ1v) is 16.7. The number of nitrogens with one attached hydrogen (secondary N) is 1. The molecular formula is C34H43ClN2O5S. The van der Waals surface area contributed by atoms with Crippen molar-refractivity contribution >= 4 is 27.6 Å². The maximum absolute atomic E-state index is 13.6. The second-order valence-corrected chi connectivity index (χ2v) is 14.8. The third-order valence-corrected chi connectivity index (χ3v) is 10.6. The van der Waals surface area contributed by atoms with Gasteiger partial charge >= 0.3 is 5.97 Å². The van der Waals surface area contributed by atoms with Crippen molar-refractivity contribution in [2.75, 3.05) is 20.1 Å². The van der Waals surface area contributed by atoms with E-state index in [0.717, 1.165) is 36.0 Å². The van der Waals surface area contributed by atoms with Crippen LogP contribution >= 0.6 is 11.6 Å². The number of carboxylic acids is 1. The zero-order valence-electron chi connectivity index (χ0n) is 25.4. The number of benzene rings is 3. The van der Waals surface area contributed by atoms with Crippen molar-refractivity contribution in [2.45, 2.75) is 75.8 Å². The van der Waals surface area contributed by atoms with Gasteiger partial charge in [-0.15, -0.1) is 0 Å². The van der Waals surface area contributed by atoms with Gasteiger partial charge in [0, 0.05) is 42.7 Å². The summed E-state index contributed by atoms with van der Waals surface area (Å²) >= 11 is 6.53. The lowest BCUT2D eigenvalue weighted by Gasteiger charge is -2.31. The van der Waals surface area contributed by atoms with E-state index in [2.05, 4.69) is 43.4 Å². The number of aliphatic carboxylic acids is 1. The van der Waals surface area contributed by atoms with Gasteiger partial charge in [0.05, 0.1) is 11.0 Å². The van der Waals surface area contributed by atoms with E-state index >= 15 is 0 Å². The highest BCUT2D eigenvalue weighted by molar-refractivity contribution is 7.89. The van der Waals surface area contributed by atoms with E-state index in [9.17, 15) is 18.3 Å². The Kier molecular flexibility index (Phi) is 10.7. The van der Waals surface area contributed by atoms with E-state index in [1.165, 1.54) is 22.5 Å². The molecule has 3 aromatic rings. The predicted octanol–water partition coefficient (Wildman–Crippen LogP) is 5.74. The average Bonchev–Trinajstić information content (AvgIpc) is 3.36. The van der Waals surface area contributed by atoms with Crippen LogP contribution in [0.1, 0.15) is 55.9 Å². The third kappa shape index (κ3) is 8.46. The molecule has 0 spiro atoms. The first kappa shape index (κ1) is 33.1. The molecule has 0 bridgehead atoms. The van der Waals surface area contributed by atoms with Crippen LogP contribution in [0, 0.1) is 5.92 Å². The number of carbonyl (C=O) groups is 1. The molecule has 0 aliphatic heterocycles. The minimum atomic E-state index is -3.85. The summed E-state index contributed by atoms with van der Waals surface area (Å²) < 4.78 is 28.4. The van der Waals surface area contributed by atoms with Crippen LogP contribution in [0.25, 0.3) is 11.1 Å². The lowest BCUT2D eigenvalue weighted by molar-refractivity contribution is -0.136. The normalized spacial score (nSPS) is 14.7. The number of hydrogen-bond donors (Lipinski definition) is 3. The molecule has 3 N–H and O–H groups in total. The molecule has 0 amide bonds. The average molecular weight is 627 g/mol. The first-order valence-electron chi connectivity index (χ1n) is 14.9. The van der Waals surface area contributed by atoms with Gasteiger partial charge in [0.25, 0.3) is 0 Å². The number of aliphatic hydroxyl groups is 1. The topological polar surface area (TPSA) is 107 Å². The standard InChI is InChI=1S/C34H43ClN2O5S/c1-5-25-19-28(30-13-10-23(18-31(30)35)11-15-33(39)40)12-14-32(25)43(41,42)37(4)22-29(38)21-36-34(2,3)20-24-16-26-8-6-7-9-27(26)17-24/h6-10,12-14,18-19,24,29,36,38H,5,11,15-17,20-22H2,1-4H3,(H,39,40). The Labute approximate surface area is 261 Å². The Bertz CT molecular complexity index is 1530. The summed E-state index contributed by atoms with van der Waals surface area (Å²) in [7, 11) is -2.35. The smallest absolute Gasteiger partial charge is 0.303 e. The monoisotopic (exact) mass is 626 g/mol.